The molecule has 0 aliphatic carbocycles. The number of unbranched alkanes of at least 4 members (excludes halogenated alkanes) is 1. The van der Waals surface area contributed by atoms with Gasteiger partial charge < -0.3 is 23.8 Å². The first-order valence-electron chi connectivity index (χ1n) is 8.40. The Morgan fingerprint density at radius 3 is 1.79 bits per heavy atom. The van der Waals surface area contributed by atoms with Crippen molar-refractivity contribution in [2.75, 3.05) is 78.7 Å². The monoisotopic (exact) mass is 371 g/mol. The Balaban J connectivity index is 3.20. The summed E-state index contributed by atoms with van der Waals surface area (Å²) in [7, 11) is -1.88. The summed E-state index contributed by atoms with van der Waals surface area (Å²) in [4.78, 5) is 2.07. The lowest BCUT2D eigenvalue weighted by molar-refractivity contribution is -0.00212. The molecule has 0 aliphatic heterocycles. The highest BCUT2D eigenvalue weighted by atomic mass is 32.2. The molecule has 0 bridgehead atoms. The zero-order chi connectivity index (χ0) is 18.1. The minimum atomic E-state index is -3.83. The highest BCUT2D eigenvalue weighted by Gasteiger charge is 2.04. The van der Waals surface area contributed by atoms with Gasteiger partial charge in [-0.2, -0.15) is 8.42 Å². The standard InChI is InChI=1S/C15H33NO7S/c1-3-20-9-10-22-13-14-23-12-11-21-8-7-16(2)6-4-5-15-24(17,18)19/h3-15H2,1-2H3,(H,17,18,19). The van der Waals surface area contributed by atoms with E-state index < -0.39 is 10.1 Å². The molecule has 1 N–H and O–H groups in total. The molecule has 0 atom stereocenters. The molecule has 0 fully saturated rings. The van der Waals surface area contributed by atoms with E-state index >= 15 is 0 Å². The lowest BCUT2D eigenvalue weighted by Crippen LogP contribution is -2.25. The third-order valence-corrected chi connectivity index (χ3v) is 3.93. The van der Waals surface area contributed by atoms with Gasteiger partial charge in [0, 0.05) is 13.2 Å². The van der Waals surface area contributed by atoms with Crippen molar-refractivity contribution < 1.29 is 31.9 Å². The second-order valence-corrected chi connectivity index (χ2v) is 6.90. The summed E-state index contributed by atoms with van der Waals surface area (Å²) < 4.78 is 51.1. The van der Waals surface area contributed by atoms with Crippen LogP contribution >= 0.6 is 0 Å². The molecule has 8 nitrogen and oxygen atoms in total. The third kappa shape index (κ3) is 19.8. The highest BCUT2D eigenvalue weighted by Crippen LogP contribution is 1.96. The van der Waals surface area contributed by atoms with Crippen LogP contribution in [0.2, 0.25) is 0 Å². The van der Waals surface area contributed by atoms with Gasteiger partial charge in [0.05, 0.1) is 52.0 Å². The minimum Gasteiger partial charge on any atom is -0.379 e. The highest BCUT2D eigenvalue weighted by molar-refractivity contribution is 7.85. The zero-order valence-electron chi connectivity index (χ0n) is 14.9. The molecule has 0 amide bonds. The molecule has 9 heteroatoms. The van der Waals surface area contributed by atoms with Gasteiger partial charge in [-0.1, -0.05) is 0 Å². The molecule has 0 saturated heterocycles. The first kappa shape index (κ1) is 23.7. The Labute approximate surface area is 146 Å². The van der Waals surface area contributed by atoms with Crippen LogP contribution in [0.3, 0.4) is 0 Å². The van der Waals surface area contributed by atoms with Crippen molar-refractivity contribution in [3.8, 4) is 0 Å². The number of ether oxygens (including phenoxy) is 4. The smallest absolute Gasteiger partial charge is 0.264 e. The van der Waals surface area contributed by atoms with Crippen molar-refractivity contribution in [2.24, 2.45) is 0 Å². The van der Waals surface area contributed by atoms with Gasteiger partial charge in [-0.15, -0.1) is 0 Å². The Morgan fingerprint density at radius 1 is 0.792 bits per heavy atom. The molecule has 0 aromatic heterocycles. The SMILES string of the molecule is CCOCCOCCOCCOCCN(C)CCCCS(=O)(=O)O. The summed E-state index contributed by atoms with van der Waals surface area (Å²) >= 11 is 0. The van der Waals surface area contributed by atoms with Crippen molar-refractivity contribution in [3.63, 3.8) is 0 Å². The molecule has 0 aliphatic rings. The summed E-state index contributed by atoms with van der Waals surface area (Å²) in [6.45, 7) is 8.17. The average Bonchev–Trinajstić information content (AvgIpc) is 2.52. The van der Waals surface area contributed by atoms with Crippen LogP contribution in [0.1, 0.15) is 19.8 Å². The Kier molecular flexibility index (Phi) is 16.0. The topological polar surface area (TPSA) is 94.5 Å². The maximum atomic E-state index is 10.6. The fourth-order valence-electron chi connectivity index (χ4n) is 1.80. The van der Waals surface area contributed by atoms with Crippen molar-refractivity contribution >= 4 is 10.1 Å². The van der Waals surface area contributed by atoms with Crippen LogP contribution < -0.4 is 0 Å². The lowest BCUT2D eigenvalue weighted by atomic mass is 10.3. The maximum absolute atomic E-state index is 10.6. The largest absolute Gasteiger partial charge is 0.379 e. The summed E-state index contributed by atoms with van der Waals surface area (Å²) in [5, 5.41) is 0. The van der Waals surface area contributed by atoms with Crippen LogP contribution in [0, 0.1) is 0 Å². The molecule has 146 valence electrons. The van der Waals surface area contributed by atoms with Crippen LogP contribution in [0.5, 0.6) is 0 Å². The van der Waals surface area contributed by atoms with Gasteiger partial charge in [0.1, 0.15) is 0 Å². The van der Waals surface area contributed by atoms with E-state index in [4.69, 9.17) is 23.5 Å². The predicted octanol–water partition coefficient (Wildman–Crippen LogP) is 0.673. The van der Waals surface area contributed by atoms with E-state index in [1.165, 1.54) is 0 Å². The number of hydrogen-bond donors (Lipinski definition) is 1. The molecule has 0 heterocycles. The van der Waals surface area contributed by atoms with E-state index in [-0.39, 0.29) is 5.75 Å². The van der Waals surface area contributed by atoms with E-state index in [0.717, 1.165) is 19.5 Å². The van der Waals surface area contributed by atoms with Gasteiger partial charge in [0.2, 0.25) is 0 Å². The second kappa shape index (κ2) is 16.2. The first-order valence-corrected chi connectivity index (χ1v) is 10.0. The van der Waals surface area contributed by atoms with Crippen molar-refractivity contribution in [1.82, 2.24) is 4.90 Å². The molecule has 24 heavy (non-hydrogen) atoms. The van der Waals surface area contributed by atoms with Gasteiger partial charge in [0.25, 0.3) is 10.1 Å². The Morgan fingerprint density at radius 2 is 1.29 bits per heavy atom. The summed E-state index contributed by atoms with van der Waals surface area (Å²) in [6, 6.07) is 0. The van der Waals surface area contributed by atoms with Crippen LogP contribution in [-0.2, 0) is 29.1 Å². The number of likely N-dealkylation sites (N-methyl/N-ethyl adjacent to an activating group) is 1. The van der Waals surface area contributed by atoms with Gasteiger partial charge in [0.15, 0.2) is 0 Å². The van der Waals surface area contributed by atoms with E-state index in [1.807, 2.05) is 14.0 Å². The summed E-state index contributed by atoms with van der Waals surface area (Å²) in [6.07, 6.45) is 1.19. The van der Waals surface area contributed by atoms with Crippen molar-refractivity contribution in [3.05, 3.63) is 0 Å². The molecule has 0 saturated carbocycles. The van der Waals surface area contributed by atoms with Crippen molar-refractivity contribution in [2.45, 2.75) is 19.8 Å². The average molecular weight is 371 g/mol. The molecule has 0 unspecified atom stereocenters. The van der Waals surface area contributed by atoms with Crippen LogP contribution in [0.4, 0.5) is 0 Å². The van der Waals surface area contributed by atoms with Crippen LogP contribution in [-0.4, -0.2) is 96.6 Å². The zero-order valence-corrected chi connectivity index (χ0v) is 15.8. The molecular weight excluding hydrogens is 338 g/mol. The fourth-order valence-corrected chi connectivity index (χ4v) is 2.37. The Bertz CT molecular complexity index is 365. The number of rotatable bonds is 18. The second-order valence-electron chi connectivity index (χ2n) is 5.33. The normalized spacial score (nSPS) is 12.2. The van der Waals surface area contributed by atoms with Gasteiger partial charge >= 0.3 is 0 Å². The number of hydrogen-bond acceptors (Lipinski definition) is 7. The predicted molar refractivity (Wildman–Crippen MR) is 92.1 cm³/mol. The van der Waals surface area contributed by atoms with E-state index in [9.17, 15) is 8.42 Å². The fraction of sp³-hybridized carbons (Fsp3) is 1.00. The molecule has 0 aromatic carbocycles. The third-order valence-electron chi connectivity index (χ3n) is 3.13. The summed E-state index contributed by atoms with van der Waals surface area (Å²) in [5.74, 6) is -0.177. The molecule has 0 rings (SSSR count). The minimum absolute atomic E-state index is 0.177. The molecule has 0 aromatic rings. The first-order chi connectivity index (χ1) is 11.5. The maximum Gasteiger partial charge on any atom is 0.264 e. The molecule has 0 radical (unpaired) electrons. The lowest BCUT2D eigenvalue weighted by Gasteiger charge is -2.16. The quantitative estimate of drug-likeness (QED) is 0.278. The number of nitrogens with zero attached hydrogens (tertiary/aromatic N) is 1. The van der Waals surface area contributed by atoms with Crippen LogP contribution in [0.15, 0.2) is 0 Å². The molecular formula is C15H33NO7S. The van der Waals surface area contributed by atoms with E-state index in [0.29, 0.717) is 59.3 Å². The molecule has 0 spiro atoms. The van der Waals surface area contributed by atoms with Gasteiger partial charge in [-0.25, -0.2) is 0 Å². The summed E-state index contributed by atoms with van der Waals surface area (Å²) in [5.41, 5.74) is 0. The van der Waals surface area contributed by atoms with E-state index in [2.05, 4.69) is 4.90 Å². The Hall–Kier alpha value is -0.290. The van der Waals surface area contributed by atoms with E-state index in [1.54, 1.807) is 0 Å². The van der Waals surface area contributed by atoms with Gasteiger partial charge in [-0.3, -0.25) is 4.55 Å². The van der Waals surface area contributed by atoms with Crippen LogP contribution in [0.25, 0.3) is 0 Å². The van der Waals surface area contributed by atoms with Gasteiger partial charge in [-0.05, 0) is 33.4 Å². The van der Waals surface area contributed by atoms with Crippen molar-refractivity contribution in [1.29, 1.82) is 0 Å².